The molecule has 7 heteroatoms. The normalized spacial score (nSPS) is 16.6. The van der Waals surface area contributed by atoms with Gasteiger partial charge in [0.1, 0.15) is 5.75 Å². The first-order chi connectivity index (χ1) is 13.5. The summed E-state index contributed by atoms with van der Waals surface area (Å²) >= 11 is 0. The van der Waals surface area contributed by atoms with Gasteiger partial charge in [-0.1, -0.05) is 18.6 Å². The molecule has 0 aromatic heterocycles. The highest BCUT2D eigenvalue weighted by molar-refractivity contribution is 14.0. The average molecular weight is 518 g/mol. The highest BCUT2D eigenvalue weighted by atomic mass is 127. The zero-order chi connectivity index (χ0) is 20.4. The Balaban J connectivity index is 0.00000420. The molecule has 1 aliphatic rings. The molecule has 6 nitrogen and oxygen atoms in total. The molecule has 2 N–H and O–H groups in total. The smallest absolute Gasteiger partial charge is 0.191 e. The number of hydrogen-bond acceptors (Lipinski definition) is 4. The van der Waals surface area contributed by atoms with E-state index in [2.05, 4.69) is 48.7 Å². The van der Waals surface area contributed by atoms with Crippen LogP contribution in [0.1, 0.15) is 44.2 Å². The molecular weight excluding hydrogens is 479 g/mol. The predicted molar refractivity (Wildman–Crippen MR) is 132 cm³/mol. The van der Waals surface area contributed by atoms with Crippen molar-refractivity contribution in [2.24, 2.45) is 10.4 Å². The maximum atomic E-state index is 5.30. The van der Waals surface area contributed by atoms with Crippen LogP contribution in [0.3, 0.4) is 0 Å². The van der Waals surface area contributed by atoms with Crippen LogP contribution in [0.4, 0.5) is 0 Å². The first-order valence-electron chi connectivity index (χ1n) is 10.3. The molecule has 0 radical (unpaired) electrons. The van der Waals surface area contributed by atoms with Crippen LogP contribution >= 0.6 is 24.0 Å². The zero-order valence-corrected chi connectivity index (χ0v) is 21.0. The van der Waals surface area contributed by atoms with E-state index < -0.39 is 0 Å². The van der Waals surface area contributed by atoms with Crippen molar-refractivity contribution in [3.05, 3.63) is 29.8 Å². The van der Waals surface area contributed by atoms with Gasteiger partial charge in [-0.15, -0.1) is 24.0 Å². The first kappa shape index (κ1) is 26.0. The molecule has 0 saturated heterocycles. The van der Waals surface area contributed by atoms with Gasteiger partial charge in [0.2, 0.25) is 0 Å². The van der Waals surface area contributed by atoms with E-state index in [1.807, 2.05) is 12.1 Å². The van der Waals surface area contributed by atoms with E-state index in [4.69, 9.17) is 14.5 Å². The second kappa shape index (κ2) is 13.3. The van der Waals surface area contributed by atoms with Crippen molar-refractivity contribution < 1.29 is 9.47 Å². The second-order valence-corrected chi connectivity index (χ2v) is 7.92. The maximum Gasteiger partial charge on any atom is 0.191 e. The standard InChI is InChI=1S/C22H38N4O2.HI/c1-6-23-21(25-17-22(12-7-13-22)14-15-27-4)24-16-20(26(2)3)18-8-10-19(28-5)11-9-18;/h8-11,20H,6-7,12-17H2,1-5H3,(H2,23,24,25);1H. The van der Waals surface area contributed by atoms with Gasteiger partial charge < -0.3 is 25.0 Å². The molecular formula is C22H39IN4O2. The molecule has 0 heterocycles. The Morgan fingerprint density at radius 3 is 2.34 bits per heavy atom. The quantitative estimate of drug-likeness (QED) is 0.266. The van der Waals surface area contributed by atoms with E-state index in [0.29, 0.717) is 5.41 Å². The van der Waals surface area contributed by atoms with Crippen molar-refractivity contribution in [1.82, 2.24) is 15.5 Å². The molecule has 1 aromatic rings. The van der Waals surface area contributed by atoms with Gasteiger partial charge in [0.25, 0.3) is 0 Å². The molecule has 0 aliphatic heterocycles. The molecule has 1 aliphatic carbocycles. The largest absolute Gasteiger partial charge is 0.497 e. The minimum atomic E-state index is 0. The topological polar surface area (TPSA) is 58.1 Å². The van der Waals surface area contributed by atoms with Crippen LogP contribution in [0, 0.1) is 5.41 Å². The lowest BCUT2D eigenvalue weighted by molar-refractivity contribution is 0.0778. The molecule has 1 aromatic carbocycles. The van der Waals surface area contributed by atoms with Gasteiger partial charge in [0.05, 0.1) is 13.2 Å². The van der Waals surface area contributed by atoms with Gasteiger partial charge >= 0.3 is 0 Å². The first-order valence-corrected chi connectivity index (χ1v) is 10.3. The van der Waals surface area contributed by atoms with Crippen LogP contribution in [0.25, 0.3) is 0 Å². The summed E-state index contributed by atoms with van der Waals surface area (Å²) in [6.45, 7) is 5.43. The van der Waals surface area contributed by atoms with Gasteiger partial charge in [0.15, 0.2) is 5.96 Å². The number of aliphatic imine (C=N–C) groups is 1. The summed E-state index contributed by atoms with van der Waals surface area (Å²) in [5.41, 5.74) is 1.58. The average Bonchev–Trinajstić information content (AvgIpc) is 2.67. The molecule has 1 atom stereocenters. The van der Waals surface area contributed by atoms with E-state index in [-0.39, 0.29) is 30.0 Å². The van der Waals surface area contributed by atoms with Crippen LogP contribution < -0.4 is 15.4 Å². The van der Waals surface area contributed by atoms with Crippen molar-refractivity contribution in [3.8, 4) is 5.75 Å². The number of halogens is 1. The third-order valence-corrected chi connectivity index (χ3v) is 5.75. The third-order valence-electron chi connectivity index (χ3n) is 5.75. The van der Waals surface area contributed by atoms with Crippen molar-refractivity contribution in [1.29, 1.82) is 0 Å². The Kier molecular flexibility index (Phi) is 11.9. The number of guanidine groups is 1. The molecule has 1 saturated carbocycles. The number of rotatable bonds is 11. The van der Waals surface area contributed by atoms with E-state index in [0.717, 1.165) is 44.4 Å². The van der Waals surface area contributed by atoms with E-state index in [1.165, 1.54) is 24.8 Å². The number of methoxy groups -OCH3 is 2. The monoisotopic (exact) mass is 518 g/mol. The highest BCUT2D eigenvalue weighted by Gasteiger charge is 2.36. The van der Waals surface area contributed by atoms with Gasteiger partial charge in [-0.2, -0.15) is 0 Å². The fourth-order valence-electron chi connectivity index (χ4n) is 3.69. The fraction of sp³-hybridized carbons (Fsp3) is 0.682. The number of nitrogens with zero attached hydrogens (tertiary/aromatic N) is 2. The number of likely N-dealkylation sites (N-methyl/N-ethyl adjacent to an activating group) is 1. The molecule has 166 valence electrons. The van der Waals surface area contributed by atoms with Crippen LogP contribution in [-0.2, 0) is 4.74 Å². The van der Waals surface area contributed by atoms with Gasteiger partial charge in [-0.25, -0.2) is 0 Å². The molecule has 29 heavy (non-hydrogen) atoms. The highest BCUT2D eigenvalue weighted by Crippen LogP contribution is 2.44. The van der Waals surface area contributed by atoms with Crippen LogP contribution in [0.5, 0.6) is 5.75 Å². The molecule has 2 rings (SSSR count). The Hall–Kier alpha value is -1.06. The van der Waals surface area contributed by atoms with Gasteiger partial charge in [0, 0.05) is 33.4 Å². The van der Waals surface area contributed by atoms with Crippen LogP contribution in [0.15, 0.2) is 29.3 Å². The summed E-state index contributed by atoms with van der Waals surface area (Å²) in [7, 11) is 7.69. The molecule has 0 spiro atoms. The molecule has 1 unspecified atom stereocenters. The SMILES string of the molecule is CCNC(=NCC1(CCOC)CCC1)NCC(c1ccc(OC)cc1)N(C)C.I. The Labute approximate surface area is 193 Å². The summed E-state index contributed by atoms with van der Waals surface area (Å²) in [5.74, 6) is 1.78. The predicted octanol–water partition coefficient (Wildman–Crippen LogP) is 3.68. The van der Waals surface area contributed by atoms with E-state index in [1.54, 1.807) is 14.2 Å². The number of hydrogen-bond donors (Lipinski definition) is 2. The maximum absolute atomic E-state index is 5.30. The Bertz CT molecular complexity index is 603. The minimum absolute atomic E-state index is 0. The van der Waals surface area contributed by atoms with Crippen molar-refractivity contribution in [2.75, 3.05) is 54.6 Å². The summed E-state index contributed by atoms with van der Waals surface area (Å²) in [4.78, 5) is 7.14. The van der Waals surface area contributed by atoms with Crippen molar-refractivity contribution in [3.63, 3.8) is 0 Å². The van der Waals surface area contributed by atoms with Crippen molar-refractivity contribution in [2.45, 2.75) is 38.6 Å². The van der Waals surface area contributed by atoms with Crippen molar-refractivity contribution >= 4 is 29.9 Å². The Morgan fingerprint density at radius 1 is 1.17 bits per heavy atom. The van der Waals surface area contributed by atoms with E-state index in [9.17, 15) is 0 Å². The zero-order valence-electron chi connectivity index (χ0n) is 18.7. The summed E-state index contributed by atoms with van der Waals surface area (Å²) < 4.78 is 10.6. The molecule has 1 fully saturated rings. The number of ether oxygens (including phenoxy) is 2. The van der Waals surface area contributed by atoms with Gasteiger partial charge in [-0.05, 0) is 63.4 Å². The lowest BCUT2D eigenvalue weighted by Gasteiger charge is -2.40. The Morgan fingerprint density at radius 2 is 1.86 bits per heavy atom. The lowest BCUT2D eigenvalue weighted by atomic mass is 9.67. The summed E-state index contributed by atoms with van der Waals surface area (Å²) in [6, 6.07) is 8.54. The lowest BCUT2D eigenvalue weighted by Crippen LogP contribution is -2.43. The number of nitrogens with one attached hydrogen (secondary N) is 2. The number of benzene rings is 1. The van der Waals surface area contributed by atoms with E-state index >= 15 is 0 Å². The third kappa shape index (κ3) is 7.94. The second-order valence-electron chi connectivity index (χ2n) is 7.92. The van der Waals surface area contributed by atoms with Gasteiger partial charge in [-0.3, -0.25) is 4.99 Å². The summed E-state index contributed by atoms with van der Waals surface area (Å²) in [6.07, 6.45) is 4.92. The molecule has 0 bridgehead atoms. The summed E-state index contributed by atoms with van der Waals surface area (Å²) in [5, 5.41) is 6.93. The minimum Gasteiger partial charge on any atom is -0.497 e. The van der Waals surface area contributed by atoms with Crippen LogP contribution in [-0.4, -0.2) is 65.4 Å². The fourth-order valence-corrected chi connectivity index (χ4v) is 3.69. The molecule has 0 amide bonds. The van der Waals surface area contributed by atoms with Crippen LogP contribution in [0.2, 0.25) is 0 Å².